The average molecular weight is 263 g/mol. The Morgan fingerprint density at radius 3 is 2.44 bits per heavy atom. The predicted octanol–water partition coefficient (Wildman–Crippen LogP) is 1.27. The number of carbonyl (C=O) groups is 1. The lowest BCUT2D eigenvalue weighted by molar-refractivity contribution is 0.0377. The van der Waals surface area contributed by atoms with Gasteiger partial charge in [-0.25, -0.2) is 18.4 Å². The summed E-state index contributed by atoms with van der Waals surface area (Å²) in [6, 6.07) is 0. The first-order chi connectivity index (χ1) is 7.23. The fourth-order valence-corrected chi connectivity index (χ4v) is 3.16. The molecular formula is C9H13NO4S2. The lowest BCUT2D eigenvalue weighted by Gasteiger charge is -2.07. The van der Waals surface area contributed by atoms with E-state index in [0.717, 1.165) is 11.3 Å². The van der Waals surface area contributed by atoms with E-state index >= 15 is 0 Å². The molecule has 0 radical (unpaired) electrons. The van der Waals surface area contributed by atoms with Crippen molar-refractivity contribution in [2.45, 2.75) is 31.1 Å². The Morgan fingerprint density at radius 1 is 1.50 bits per heavy atom. The SMILES string of the molecule is Cc1c(C(=O)OC(C)C)csc1S(N)(=O)=O. The molecule has 90 valence electrons. The number of carbonyl (C=O) groups excluding carboxylic acids is 1. The molecule has 0 fully saturated rings. The van der Waals surface area contributed by atoms with Gasteiger partial charge in [0.05, 0.1) is 11.7 Å². The maximum absolute atomic E-state index is 11.6. The number of rotatable bonds is 3. The van der Waals surface area contributed by atoms with Gasteiger partial charge >= 0.3 is 5.97 Å². The summed E-state index contributed by atoms with van der Waals surface area (Å²) in [5, 5.41) is 6.45. The zero-order valence-corrected chi connectivity index (χ0v) is 10.8. The van der Waals surface area contributed by atoms with Crippen LogP contribution in [0.5, 0.6) is 0 Å². The van der Waals surface area contributed by atoms with Crippen molar-refractivity contribution in [2.24, 2.45) is 5.14 Å². The Morgan fingerprint density at radius 2 is 2.06 bits per heavy atom. The fraction of sp³-hybridized carbons (Fsp3) is 0.444. The summed E-state index contributed by atoms with van der Waals surface area (Å²) in [5.74, 6) is -0.529. The van der Waals surface area contributed by atoms with Crippen LogP contribution in [0.3, 0.4) is 0 Å². The number of hydrogen-bond acceptors (Lipinski definition) is 5. The minimum atomic E-state index is -3.76. The molecular weight excluding hydrogens is 250 g/mol. The molecule has 0 aliphatic heterocycles. The molecule has 16 heavy (non-hydrogen) atoms. The maximum Gasteiger partial charge on any atom is 0.339 e. The highest BCUT2D eigenvalue weighted by atomic mass is 32.2. The molecule has 0 saturated carbocycles. The highest BCUT2D eigenvalue weighted by molar-refractivity contribution is 7.91. The second-order valence-electron chi connectivity index (χ2n) is 3.56. The van der Waals surface area contributed by atoms with E-state index in [2.05, 4.69) is 0 Å². The molecule has 0 aliphatic rings. The van der Waals surface area contributed by atoms with E-state index in [9.17, 15) is 13.2 Å². The summed E-state index contributed by atoms with van der Waals surface area (Å²) in [5.41, 5.74) is 0.598. The second-order valence-corrected chi connectivity index (χ2v) is 6.20. The van der Waals surface area contributed by atoms with Gasteiger partial charge in [0.25, 0.3) is 0 Å². The van der Waals surface area contributed by atoms with Crippen molar-refractivity contribution in [1.29, 1.82) is 0 Å². The monoisotopic (exact) mass is 263 g/mol. The molecule has 1 rings (SSSR count). The van der Waals surface area contributed by atoms with Crippen molar-refractivity contribution in [1.82, 2.24) is 0 Å². The van der Waals surface area contributed by atoms with Crippen molar-refractivity contribution in [3.05, 3.63) is 16.5 Å². The molecule has 1 aromatic heterocycles. The van der Waals surface area contributed by atoms with E-state index in [0.29, 0.717) is 5.56 Å². The summed E-state index contributed by atoms with van der Waals surface area (Å²) in [6.45, 7) is 4.98. The molecule has 0 amide bonds. The molecule has 1 heterocycles. The molecule has 0 atom stereocenters. The van der Waals surface area contributed by atoms with Gasteiger partial charge in [0, 0.05) is 5.38 Å². The first-order valence-corrected chi connectivity index (χ1v) is 6.98. The van der Waals surface area contributed by atoms with E-state index in [1.165, 1.54) is 12.3 Å². The van der Waals surface area contributed by atoms with E-state index < -0.39 is 16.0 Å². The number of ether oxygens (including phenoxy) is 1. The van der Waals surface area contributed by atoms with Crippen molar-refractivity contribution in [2.75, 3.05) is 0 Å². The smallest absolute Gasteiger partial charge is 0.339 e. The van der Waals surface area contributed by atoms with Crippen molar-refractivity contribution >= 4 is 27.3 Å². The maximum atomic E-state index is 11.6. The largest absolute Gasteiger partial charge is 0.459 e. The summed E-state index contributed by atoms with van der Waals surface area (Å²) >= 11 is 0.925. The van der Waals surface area contributed by atoms with Gasteiger partial charge in [0.2, 0.25) is 10.0 Å². The number of esters is 1. The van der Waals surface area contributed by atoms with Gasteiger partial charge in [-0.2, -0.15) is 0 Å². The van der Waals surface area contributed by atoms with Crippen molar-refractivity contribution < 1.29 is 17.9 Å². The standard InChI is InChI=1S/C9H13NO4S2/c1-5(2)14-8(11)7-4-15-9(6(7)3)16(10,12)13/h4-5H,1-3H3,(H2,10,12,13). The van der Waals surface area contributed by atoms with Gasteiger partial charge in [0.1, 0.15) is 4.21 Å². The molecule has 0 aliphatic carbocycles. The predicted molar refractivity (Wildman–Crippen MR) is 61.0 cm³/mol. The summed E-state index contributed by atoms with van der Waals surface area (Å²) in [7, 11) is -3.76. The van der Waals surface area contributed by atoms with Crippen LogP contribution in [0.4, 0.5) is 0 Å². The molecule has 5 nitrogen and oxygen atoms in total. The van der Waals surface area contributed by atoms with Crippen molar-refractivity contribution in [3.63, 3.8) is 0 Å². The number of primary sulfonamides is 1. The van der Waals surface area contributed by atoms with Crippen LogP contribution in [-0.2, 0) is 14.8 Å². The molecule has 1 aromatic rings. The topological polar surface area (TPSA) is 86.5 Å². The molecule has 0 spiro atoms. The normalized spacial score (nSPS) is 11.8. The van der Waals surface area contributed by atoms with Gasteiger partial charge in [-0.1, -0.05) is 0 Å². The van der Waals surface area contributed by atoms with Crippen LogP contribution in [0.1, 0.15) is 29.8 Å². The third-order valence-corrected chi connectivity index (χ3v) is 4.50. The molecule has 2 N–H and O–H groups in total. The van der Waals surface area contributed by atoms with Crippen LogP contribution in [-0.4, -0.2) is 20.5 Å². The Bertz CT molecular complexity index is 502. The highest BCUT2D eigenvalue weighted by Gasteiger charge is 2.22. The molecule has 0 aromatic carbocycles. The van der Waals surface area contributed by atoms with Gasteiger partial charge < -0.3 is 4.74 Å². The fourth-order valence-electron chi connectivity index (χ4n) is 1.16. The van der Waals surface area contributed by atoms with E-state index in [-0.39, 0.29) is 15.9 Å². The van der Waals surface area contributed by atoms with Crippen LogP contribution in [0, 0.1) is 6.92 Å². The Labute approximate surface area is 98.3 Å². The van der Waals surface area contributed by atoms with Crippen molar-refractivity contribution in [3.8, 4) is 0 Å². The first kappa shape index (κ1) is 13.1. The second kappa shape index (κ2) is 4.52. The number of thiophene rings is 1. The Balaban J connectivity index is 3.11. The molecule has 7 heteroatoms. The lowest BCUT2D eigenvalue weighted by Crippen LogP contribution is -2.14. The highest BCUT2D eigenvalue weighted by Crippen LogP contribution is 2.26. The Kier molecular flexibility index (Phi) is 3.72. The quantitative estimate of drug-likeness (QED) is 0.832. The van der Waals surface area contributed by atoms with E-state index in [4.69, 9.17) is 9.88 Å². The Hall–Kier alpha value is -0.920. The van der Waals surface area contributed by atoms with Crippen LogP contribution in [0.2, 0.25) is 0 Å². The summed E-state index contributed by atoms with van der Waals surface area (Å²) in [4.78, 5) is 11.6. The van der Waals surface area contributed by atoms with Gasteiger partial charge in [-0.3, -0.25) is 0 Å². The molecule has 0 unspecified atom stereocenters. The lowest BCUT2D eigenvalue weighted by atomic mass is 10.2. The number of hydrogen-bond donors (Lipinski definition) is 1. The van der Waals surface area contributed by atoms with Crippen LogP contribution in [0.25, 0.3) is 0 Å². The minimum absolute atomic E-state index is 0.00297. The number of nitrogens with two attached hydrogens (primary N) is 1. The van der Waals surface area contributed by atoms with Crippen LogP contribution < -0.4 is 5.14 Å². The van der Waals surface area contributed by atoms with Crippen LogP contribution in [0.15, 0.2) is 9.59 Å². The third-order valence-electron chi connectivity index (χ3n) is 1.82. The molecule has 0 saturated heterocycles. The van der Waals surface area contributed by atoms with Crippen LogP contribution >= 0.6 is 11.3 Å². The first-order valence-electron chi connectivity index (χ1n) is 4.55. The third kappa shape index (κ3) is 2.81. The van der Waals surface area contributed by atoms with Gasteiger partial charge in [0.15, 0.2) is 0 Å². The van der Waals surface area contributed by atoms with Gasteiger partial charge in [-0.05, 0) is 26.3 Å². The molecule has 0 bridgehead atoms. The average Bonchev–Trinajstić information content (AvgIpc) is 2.44. The zero-order chi connectivity index (χ0) is 12.5. The zero-order valence-electron chi connectivity index (χ0n) is 9.18. The summed E-state index contributed by atoms with van der Waals surface area (Å²) in [6.07, 6.45) is -0.246. The van der Waals surface area contributed by atoms with E-state index in [1.54, 1.807) is 13.8 Å². The van der Waals surface area contributed by atoms with E-state index in [1.807, 2.05) is 0 Å². The van der Waals surface area contributed by atoms with Gasteiger partial charge in [-0.15, -0.1) is 11.3 Å². The summed E-state index contributed by atoms with van der Waals surface area (Å²) < 4.78 is 27.3. The minimum Gasteiger partial charge on any atom is -0.459 e. The number of sulfonamides is 1.